The van der Waals surface area contributed by atoms with Crippen molar-refractivity contribution in [1.29, 1.82) is 0 Å². The zero-order valence-corrected chi connectivity index (χ0v) is 9.68. The van der Waals surface area contributed by atoms with E-state index in [9.17, 15) is 4.79 Å². The lowest BCUT2D eigenvalue weighted by Crippen LogP contribution is -2.47. The van der Waals surface area contributed by atoms with Crippen LogP contribution >= 0.6 is 0 Å². The third-order valence-corrected chi connectivity index (χ3v) is 2.77. The lowest BCUT2D eigenvalue weighted by atomic mass is 9.80. The molecule has 1 heterocycles. The van der Waals surface area contributed by atoms with Crippen molar-refractivity contribution in [1.82, 2.24) is 5.32 Å². The topological polar surface area (TPSA) is 55.1 Å². The molecule has 0 aliphatic carbocycles. The van der Waals surface area contributed by atoms with Crippen LogP contribution in [-0.4, -0.2) is 17.5 Å². The fourth-order valence-electron chi connectivity index (χ4n) is 2.55. The molecular weight excluding hydrogens is 176 g/mol. The van der Waals surface area contributed by atoms with E-state index < -0.39 is 0 Å². The van der Waals surface area contributed by atoms with Crippen LogP contribution in [-0.2, 0) is 4.79 Å². The van der Waals surface area contributed by atoms with Crippen LogP contribution in [0.4, 0.5) is 0 Å². The second-order valence-corrected chi connectivity index (χ2v) is 5.94. The van der Waals surface area contributed by atoms with E-state index in [0.717, 1.165) is 19.3 Å². The van der Waals surface area contributed by atoms with Gasteiger partial charge in [-0.3, -0.25) is 4.79 Å². The fraction of sp³-hybridized carbons (Fsp3) is 0.909. The first-order valence-electron chi connectivity index (χ1n) is 5.29. The number of rotatable bonds is 2. The van der Waals surface area contributed by atoms with E-state index in [1.54, 1.807) is 0 Å². The summed E-state index contributed by atoms with van der Waals surface area (Å²) in [7, 11) is 0. The van der Waals surface area contributed by atoms with Crippen LogP contribution < -0.4 is 11.1 Å². The van der Waals surface area contributed by atoms with Gasteiger partial charge in [0.05, 0.1) is 6.04 Å². The number of nitrogens with two attached hydrogens (primary N) is 1. The second kappa shape index (κ2) is 3.54. The first kappa shape index (κ1) is 11.5. The largest absolute Gasteiger partial charge is 0.368 e. The zero-order chi connectivity index (χ0) is 11.0. The summed E-state index contributed by atoms with van der Waals surface area (Å²) < 4.78 is 0. The predicted molar refractivity (Wildman–Crippen MR) is 57.8 cm³/mol. The van der Waals surface area contributed by atoms with Crippen molar-refractivity contribution in [2.24, 2.45) is 11.1 Å². The first-order chi connectivity index (χ1) is 6.22. The van der Waals surface area contributed by atoms with Crippen LogP contribution in [0.15, 0.2) is 0 Å². The molecule has 1 fully saturated rings. The van der Waals surface area contributed by atoms with Gasteiger partial charge in [0.15, 0.2) is 0 Å². The van der Waals surface area contributed by atoms with Gasteiger partial charge < -0.3 is 11.1 Å². The summed E-state index contributed by atoms with van der Waals surface area (Å²) in [5.41, 5.74) is 5.65. The molecule has 0 aromatic heterocycles. The highest BCUT2D eigenvalue weighted by atomic mass is 16.1. The van der Waals surface area contributed by atoms with Gasteiger partial charge in [-0.2, -0.15) is 0 Å². The molecule has 1 rings (SSSR count). The molecule has 0 saturated carbocycles. The lowest BCUT2D eigenvalue weighted by Gasteiger charge is -2.33. The average molecular weight is 198 g/mol. The Kier molecular flexibility index (Phi) is 2.91. The molecule has 2 unspecified atom stereocenters. The van der Waals surface area contributed by atoms with E-state index in [0.29, 0.717) is 0 Å². The number of hydrogen-bond donors (Lipinski definition) is 2. The monoisotopic (exact) mass is 198 g/mol. The third kappa shape index (κ3) is 2.98. The molecule has 3 nitrogen and oxygen atoms in total. The number of primary amides is 1. The standard InChI is InChI=1S/C11H22N2O/c1-10(2,3)7-11(4)6-5-8(13-11)9(12)14/h8,13H,5-7H2,1-4H3,(H2,12,14). The van der Waals surface area contributed by atoms with Crippen molar-refractivity contribution in [3.63, 3.8) is 0 Å². The van der Waals surface area contributed by atoms with Crippen molar-refractivity contribution in [2.45, 2.75) is 58.5 Å². The molecule has 14 heavy (non-hydrogen) atoms. The van der Waals surface area contributed by atoms with Crippen LogP contribution in [0.3, 0.4) is 0 Å². The van der Waals surface area contributed by atoms with E-state index in [1.807, 2.05) is 0 Å². The van der Waals surface area contributed by atoms with Crippen molar-refractivity contribution in [3.8, 4) is 0 Å². The molecule has 1 aliphatic heterocycles. The molecule has 0 bridgehead atoms. The van der Waals surface area contributed by atoms with Crippen LogP contribution in [0, 0.1) is 5.41 Å². The summed E-state index contributed by atoms with van der Waals surface area (Å²) in [5, 5.41) is 3.35. The Hall–Kier alpha value is -0.570. The highest BCUT2D eigenvalue weighted by Crippen LogP contribution is 2.34. The van der Waals surface area contributed by atoms with Gasteiger partial charge in [0, 0.05) is 5.54 Å². The summed E-state index contributed by atoms with van der Waals surface area (Å²) in [6.45, 7) is 8.84. The minimum Gasteiger partial charge on any atom is -0.368 e. The second-order valence-electron chi connectivity index (χ2n) is 5.94. The van der Waals surface area contributed by atoms with Gasteiger partial charge in [0.2, 0.25) is 5.91 Å². The average Bonchev–Trinajstić information content (AvgIpc) is 2.27. The summed E-state index contributed by atoms with van der Waals surface area (Å²) in [6, 6.07) is -0.123. The van der Waals surface area contributed by atoms with Gasteiger partial charge in [-0.25, -0.2) is 0 Å². The maximum atomic E-state index is 11.0. The summed E-state index contributed by atoms with van der Waals surface area (Å²) in [5.74, 6) is -0.220. The smallest absolute Gasteiger partial charge is 0.234 e. The van der Waals surface area contributed by atoms with Gasteiger partial charge in [-0.05, 0) is 31.6 Å². The van der Waals surface area contributed by atoms with Crippen LogP contribution in [0.5, 0.6) is 0 Å². The normalized spacial score (nSPS) is 33.3. The summed E-state index contributed by atoms with van der Waals surface area (Å²) in [6.07, 6.45) is 2.99. The fourth-order valence-corrected chi connectivity index (χ4v) is 2.55. The maximum absolute atomic E-state index is 11.0. The predicted octanol–water partition coefficient (Wildman–Crippen LogP) is 1.42. The Labute approximate surface area is 86.4 Å². The van der Waals surface area contributed by atoms with Crippen LogP contribution in [0.1, 0.15) is 47.0 Å². The van der Waals surface area contributed by atoms with Crippen molar-refractivity contribution >= 4 is 5.91 Å². The molecule has 0 aromatic carbocycles. The van der Waals surface area contributed by atoms with Gasteiger partial charge in [0.25, 0.3) is 0 Å². The molecule has 82 valence electrons. The maximum Gasteiger partial charge on any atom is 0.234 e. The molecule has 0 aromatic rings. The molecule has 1 amide bonds. The molecule has 3 N–H and O–H groups in total. The summed E-state index contributed by atoms with van der Waals surface area (Å²) in [4.78, 5) is 11.0. The van der Waals surface area contributed by atoms with Crippen molar-refractivity contribution in [2.75, 3.05) is 0 Å². The number of hydrogen-bond acceptors (Lipinski definition) is 2. The van der Waals surface area contributed by atoms with Crippen molar-refractivity contribution in [3.05, 3.63) is 0 Å². The molecule has 2 atom stereocenters. The van der Waals surface area contributed by atoms with Gasteiger partial charge in [-0.1, -0.05) is 20.8 Å². The van der Waals surface area contributed by atoms with E-state index >= 15 is 0 Å². The molecular formula is C11H22N2O. The summed E-state index contributed by atoms with van der Waals surface area (Å²) >= 11 is 0. The van der Waals surface area contributed by atoms with Crippen LogP contribution in [0.25, 0.3) is 0 Å². The van der Waals surface area contributed by atoms with E-state index in [-0.39, 0.29) is 22.9 Å². The zero-order valence-electron chi connectivity index (χ0n) is 9.68. The van der Waals surface area contributed by atoms with Crippen LogP contribution in [0.2, 0.25) is 0 Å². The van der Waals surface area contributed by atoms with E-state index in [4.69, 9.17) is 5.73 Å². The Balaban J connectivity index is 2.58. The molecule has 1 aliphatic rings. The molecule has 0 radical (unpaired) electrons. The third-order valence-electron chi connectivity index (χ3n) is 2.77. The quantitative estimate of drug-likeness (QED) is 0.705. The van der Waals surface area contributed by atoms with Gasteiger partial charge in [0.1, 0.15) is 0 Å². The first-order valence-corrected chi connectivity index (χ1v) is 5.29. The minimum absolute atomic E-state index is 0.0813. The molecule has 0 spiro atoms. The number of carbonyl (C=O) groups is 1. The highest BCUT2D eigenvalue weighted by Gasteiger charge is 2.38. The van der Waals surface area contributed by atoms with E-state index in [1.165, 1.54) is 0 Å². The SMILES string of the molecule is CC(C)(C)CC1(C)CCC(C(N)=O)N1. The molecule has 3 heteroatoms. The Morgan fingerprint density at radius 3 is 2.50 bits per heavy atom. The number of nitrogens with one attached hydrogen (secondary N) is 1. The lowest BCUT2D eigenvalue weighted by molar-refractivity contribution is -0.119. The molecule has 1 saturated heterocycles. The Bertz CT molecular complexity index is 232. The number of amides is 1. The number of carbonyl (C=O) groups excluding carboxylic acids is 1. The van der Waals surface area contributed by atoms with E-state index in [2.05, 4.69) is 33.0 Å². The van der Waals surface area contributed by atoms with Crippen molar-refractivity contribution < 1.29 is 4.79 Å². The highest BCUT2D eigenvalue weighted by molar-refractivity contribution is 5.80. The minimum atomic E-state index is -0.220. The Morgan fingerprint density at radius 2 is 2.14 bits per heavy atom. The van der Waals surface area contributed by atoms with Gasteiger partial charge in [-0.15, -0.1) is 0 Å². The van der Waals surface area contributed by atoms with Gasteiger partial charge >= 0.3 is 0 Å². The Morgan fingerprint density at radius 1 is 1.57 bits per heavy atom.